The Morgan fingerprint density at radius 1 is 1.38 bits per heavy atom. The monoisotopic (exact) mass is 242 g/mol. The molecule has 1 unspecified atom stereocenters. The topological polar surface area (TPSA) is 0 Å². The Kier molecular flexibility index (Phi) is 2.68. The van der Waals surface area contributed by atoms with Crippen molar-refractivity contribution >= 4 is 15.9 Å². The molecule has 2 rings (SSSR count). The fourth-order valence-electron chi connectivity index (χ4n) is 1.74. The van der Waals surface area contributed by atoms with Crippen molar-refractivity contribution in [3.63, 3.8) is 0 Å². The number of benzene rings is 1. The van der Waals surface area contributed by atoms with Gasteiger partial charge in [-0.3, -0.25) is 0 Å². The van der Waals surface area contributed by atoms with E-state index < -0.39 is 0 Å². The molecule has 0 bridgehead atoms. The molecule has 0 N–H and O–H groups in total. The number of hydrogen-bond acceptors (Lipinski definition) is 0. The molecule has 0 amide bonds. The zero-order chi connectivity index (χ0) is 9.26. The molecule has 0 heterocycles. The normalized spacial score (nSPS) is 18.6. The molecule has 70 valence electrons. The third kappa shape index (κ3) is 1.93. The molecular formula is C11H12BrF. The van der Waals surface area contributed by atoms with E-state index in [2.05, 4.69) is 15.9 Å². The van der Waals surface area contributed by atoms with Crippen molar-refractivity contribution in [1.82, 2.24) is 0 Å². The van der Waals surface area contributed by atoms with Gasteiger partial charge in [-0.25, -0.2) is 4.39 Å². The second kappa shape index (κ2) is 3.79. The summed E-state index contributed by atoms with van der Waals surface area (Å²) in [4.78, 5) is 0. The van der Waals surface area contributed by atoms with Crippen LogP contribution >= 0.6 is 15.9 Å². The number of hydrogen-bond donors (Lipinski definition) is 0. The zero-order valence-corrected chi connectivity index (χ0v) is 8.93. The maximum absolute atomic E-state index is 13.4. The quantitative estimate of drug-likeness (QED) is 0.710. The molecule has 0 spiro atoms. The van der Waals surface area contributed by atoms with Crippen molar-refractivity contribution in [3.05, 3.63) is 35.6 Å². The lowest BCUT2D eigenvalue weighted by Gasteiger charge is -2.13. The Hall–Kier alpha value is -0.370. The molecule has 1 saturated carbocycles. The Morgan fingerprint density at radius 2 is 2.08 bits per heavy atom. The second-order valence-corrected chi connectivity index (χ2v) is 4.27. The Labute approximate surface area is 86.3 Å². The van der Waals surface area contributed by atoms with Gasteiger partial charge in [0.1, 0.15) is 5.82 Å². The predicted octanol–water partition coefficient (Wildman–Crippen LogP) is 3.71. The molecule has 1 aliphatic rings. The van der Waals surface area contributed by atoms with Crippen LogP contribution < -0.4 is 0 Å². The van der Waals surface area contributed by atoms with Gasteiger partial charge < -0.3 is 0 Å². The van der Waals surface area contributed by atoms with E-state index in [0.29, 0.717) is 11.8 Å². The van der Waals surface area contributed by atoms with E-state index in [1.165, 1.54) is 12.8 Å². The zero-order valence-electron chi connectivity index (χ0n) is 7.34. The van der Waals surface area contributed by atoms with Gasteiger partial charge in [0.15, 0.2) is 0 Å². The van der Waals surface area contributed by atoms with E-state index in [1.807, 2.05) is 12.1 Å². The van der Waals surface area contributed by atoms with Crippen LogP contribution in [0.5, 0.6) is 0 Å². The first-order chi connectivity index (χ1) is 6.33. The minimum atomic E-state index is -0.0566. The van der Waals surface area contributed by atoms with Crippen molar-refractivity contribution in [2.75, 3.05) is 5.33 Å². The summed E-state index contributed by atoms with van der Waals surface area (Å²) in [6.07, 6.45) is 2.51. The van der Waals surface area contributed by atoms with Gasteiger partial charge in [-0.15, -0.1) is 0 Å². The van der Waals surface area contributed by atoms with Crippen LogP contribution in [0.1, 0.15) is 24.3 Å². The first-order valence-corrected chi connectivity index (χ1v) is 5.75. The summed E-state index contributed by atoms with van der Waals surface area (Å²) < 4.78 is 13.4. The molecule has 0 saturated heterocycles. The first kappa shape index (κ1) is 9.20. The number of halogens is 2. The summed E-state index contributed by atoms with van der Waals surface area (Å²) in [6, 6.07) is 7.11. The highest BCUT2D eigenvalue weighted by atomic mass is 79.9. The summed E-state index contributed by atoms with van der Waals surface area (Å²) >= 11 is 3.46. The van der Waals surface area contributed by atoms with Gasteiger partial charge in [0.05, 0.1) is 0 Å². The molecule has 0 nitrogen and oxygen atoms in total. The fourth-order valence-corrected chi connectivity index (χ4v) is 2.61. The summed E-state index contributed by atoms with van der Waals surface area (Å²) in [5.41, 5.74) is 0.877. The molecule has 1 aromatic rings. The summed E-state index contributed by atoms with van der Waals surface area (Å²) in [7, 11) is 0. The summed E-state index contributed by atoms with van der Waals surface area (Å²) in [6.45, 7) is 0. The standard InChI is InChI=1S/C11H12BrF/c12-7-10(8-5-6-8)9-3-1-2-4-11(9)13/h1-4,8,10H,5-7H2. The average molecular weight is 243 g/mol. The van der Waals surface area contributed by atoms with Gasteiger partial charge in [0, 0.05) is 5.33 Å². The summed E-state index contributed by atoms with van der Waals surface area (Å²) in [5.74, 6) is 1.02. The van der Waals surface area contributed by atoms with Crippen molar-refractivity contribution in [2.45, 2.75) is 18.8 Å². The Morgan fingerprint density at radius 3 is 2.62 bits per heavy atom. The minimum Gasteiger partial charge on any atom is -0.207 e. The van der Waals surface area contributed by atoms with Gasteiger partial charge in [-0.05, 0) is 36.3 Å². The highest BCUT2D eigenvalue weighted by Gasteiger charge is 2.32. The number of alkyl halides is 1. The largest absolute Gasteiger partial charge is 0.207 e. The summed E-state index contributed by atoms with van der Waals surface area (Å²) in [5, 5.41) is 0.874. The van der Waals surface area contributed by atoms with E-state index in [1.54, 1.807) is 12.1 Å². The Bertz CT molecular complexity index is 294. The first-order valence-electron chi connectivity index (χ1n) is 4.63. The average Bonchev–Trinajstić information content (AvgIpc) is 2.93. The molecule has 0 radical (unpaired) electrons. The van der Waals surface area contributed by atoms with Gasteiger partial charge in [-0.1, -0.05) is 34.1 Å². The van der Waals surface area contributed by atoms with Gasteiger partial charge >= 0.3 is 0 Å². The third-order valence-corrected chi connectivity index (χ3v) is 3.36. The molecule has 1 aromatic carbocycles. The molecule has 1 atom stereocenters. The van der Waals surface area contributed by atoms with E-state index in [-0.39, 0.29) is 5.82 Å². The predicted molar refractivity (Wildman–Crippen MR) is 55.7 cm³/mol. The van der Waals surface area contributed by atoms with E-state index in [9.17, 15) is 4.39 Å². The third-order valence-electron chi connectivity index (χ3n) is 2.66. The van der Waals surface area contributed by atoms with E-state index >= 15 is 0 Å². The van der Waals surface area contributed by atoms with Crippen LogP contribution in [0.4, 0.5) is 4.39 Å². The van der Waals surface area contributed by atoms with Gasteiger partial charge in [-0.2, -0.15) is 0 Å². The fraction of sp³-hybridized carbons (Fsp3) is 0.455. The van der Waals surface area contributed by atoms with Crippen molar-refractivity contribution in [2.24, 2.45) is 5.92 Å². The maximum atomic E-state index is 13.4. The van der Waals surface area contributed by atoms with Crippen molar-refractivity contribution in [3.8, 4) is 0 Å². The Balaban J connectivity index is 2.26. The lowest BCUT2D eigenvalue weighted by atomic mass is 9.96. The number of rotatable bonds is 3. The van der Waals surface area contributed by atoms with Crippen LogP contribution in [0.2, 0.25) is 0 Å². The van der Waals surface area contributed by atoms with E-state index in [0.717, 1.165) is 10.9 Å². The van der Waals surface area contributed by atoms with Crippen LogP contribution in [-0.2, 0) is 0 Å². The smallest absolute Gasteiger partial charge is 0.126 e. The lowest BCUT2D eigenvalue weighted by Crippen LogP contribution is -2.04. The molecular weight excluding hydrogens is 231 g/mol. The maximum Gasteiger partial charge on any atom is 0.126 e. The van der Waals surface area contributed by atoms with Crippen LogP contribution in [0.3, 0.4) is 0 Å². The highest BCUT2D eigenvalue weighted by molar-refractivity contribution is 9.09. The van der Waals surface area contributed by atoms with Crippen molar-refractivity contribution < 1.29 is 4.39 Å². The van der Waals surface area contributed by atoms with Crippen LogP contribution in [0, 0.1) is 11.7 Å². The van der Waals surface area contributed by atoms with Crippen LogP contribution in [0.25, 0.3) is 0 Å². The molecule has 2 heteroatoms. The highest BCUT2D eigenvalue weighted by Crippen LogP contribution is 2.43. The molecule has 1 fully saturated rings. The SMILES string of the molecule is Fc1ccccc1C(CBr)C1CC1. The van der Waals surface area contributed by atoms with Crippen molar-refractivity contribution in [1.29, 1.82) is 0 Å². The van der Waals surface area contributed by atoms with E-state index in [4.69, 9.17) is 0 Å². The molecule has 13 heavy (non-hydrogen) atoms. The molecule has 0 aromatic heterocycles. The lowest BCUT2D eigenvalue weighted by molar-refractivity contribution is 0.571. The molecule has 0 aliphatic heterocycles. The van der Waals surface area contributed by atoms with Crippen LogP contribution in [-0.4, -0.2) is 5.33 Å². The second-order valence-electron chi connectivity index (χ2n) is 3.62. The van der Waals surface area contributed by atoms with Gasteiger partial charge in [0.2, 0.25) is 0 Å². The minimum absolute atomic E-state index is 0.0566. The van der Waals surface area contributed by atoms with Gasteiger partial charge in [0.25, 0.3) is 0 Å². The molecule has 1 aliphatic carbocycles. The van der Waals surface area contributed by atoms with Crippen LogP contribution in [0.15, 0.2) is 24.3 Å².